The van der Waals surface area contributed by atoms with Crippen molar-refractivity contribution in [2.24, 2.45) is 5.73 Å². The van der Waals surface area contributed by atoms with Gasteiger partial charge in [0.2, 0.25) is 0 Å². The van der Waals surface area contributed by atoms with Gasteiger partial charge in [0.25, 0.3) is 5.91 Å². The van der Waals surface area contributed by atoms with E-state index in [0.717, 1.165) is 0 Å². The van der Waals surface area contributed by atoms with Crippen LogP contribution < -0.4 is 11.1 Å². The predicted molar refractivity (Wildman–Crippen MR) is 90.5 cm³/mol. The van der Waals surface area contributed by atoms with E-state index in [1.54, 1.807) is 24.3 Å². The van der Waals surface area contributed by atoms with E-state index in [4.69, 9.17) is 10.5 Å². The number of halogens is 2. The van der Waals surface area contributed by atoms with Gasteiger partial charge in [0.1, 0.15) is 5.82 Å². The second kappa shape index (κ2) is 7.25. The minimum Gasteiger partial charge on any atom is -0.381 e. The molecule has 124 valence electrons. The molecule has 3 rings (SSSR count). The molecule has 1 aliphatic heterocycles. The van der Waals surface area contributed by atoms with Gasteiger partial charge in [-0.15, -0.1) is 12.4 Å². The normalized spacial score (nSPS) is 16.6. The average Bonchev–Trinajstić information content (AvgIpc) is 2.56. The van der Waals surface area contributed by atoms with E-state index in [1.807, 2.05) is 0 Å². The zero-order valence-electron chi connectivity index (χ0n) is 12.7. The summed E-state index contributed by atoms with van der Waals surface area (Å²) in [4.78, 5) is 12.7. The first-order valence-electron chi connectivity index (χ1n) is 7.43. The van der Waals surface area contributed by atoms with Crippen molar-refractivity contribution in [3.63, 3.8) is 0 Å². The summed E-state index contributed by atoms with van der Waals surface area (Å²) in [6.45, 7) is 1.53. The van der Waals surface area contributed by atoms with Crippen molar-refractivity contribution >= 4 is 29.1 Å². The quantitative estimate of drug-likeness (QED) is 0.904. The van der Waals surface area contributed by atoms with Gasteiger partial charge in [-0.2, -0.15) is 0 Å². The average molecular weight is 339 g/mol. The molecule has 3 N–H and O–H groups in total. The van der Waals surface area contributed by atoms with Gasteiger partial charge in [-0.3, -0.25) is 4.79 Å². The van der Waals surface area contributed by atoms with E-state index >= 15 is 0 Å². The zero-order chi connectivity index (χ0) is 15.6. The molecule has 4 nitrogen and oxygen atoms in total. The number of amides is 1. The molecular formula is C17H20ClFN2O2. The van der Waals surface area contributed by atoms with Gasteiger partial charge in [-0.05, 0) is 30.4 Å². The Bertz CT molecular complexity index is 702. The lowest BCUT2D eigenvalue weighted by molar-refractivity contribution is 0.0389. The van der Waals surface area contributed by atoms with Crippen molar-refractivity contribution < 1.29 is 13.9 Å². The fourth-order valence-electron chi connectivity index (χ4n) is 2.91. The largest absolute Gasteiger partial charge is 0.381 e. The summed E-state index contributed by atoms with van der Waals surface area (Å²) in [6.07, 6.45) is 1.38. The maximum absolute atomic E-state index is 13.9. The number of hydrogen-bond acceptors (Lipinski definition) is 3. The lowest BCUT2D eigenvalue weighted by atomic mass is 9.89. The summed E-state index contributed by atoms with van der Waals surface area (Å²) in [6, 6.07) is 9.84. The van der Waals surface area contributed by atoms with Crippen LogP contribution in [0.15, 0.2) is 36.4 Å². The van der Waals surface area contributed by atoms with Crippen molar-refractivity contribution in [2.75, 3.05) is 19.8 Å². The van der Waals surface area contributed by atoms with Crippen molar-refractivity contribution in [1.29, 1.82) is 0 Å². The lowest BCUT2D eigenvalue weighted by Gasteiger charge is -2.37. The maximum Gasteiger partial charge on any atom is 0.252 e. The molecule has 1 amide bonds. The summed E-state index contributed by atoms with van der Waals surface area (Å²) in [7, 11) is 0. The van der Waals surface area contributed by atoms with Crippen LogP contribution in [-0.2, 0) is 4.74 Å². The van der Waals surface area contributed by atoms with Crippen LogP contribution in [0.25, 0.3) is 10.8 Å². The maximum atomic E-state index is 13.9. The van der Waals surface area contributed by atoms with Crippen molar-refractivity contribution in [3.8, 4) is 0 Å². The molecule has 0 aromatic heterocycles. The van der Waals surface area contributed by atoms with E-state index in [-0.39, 0.29) is 24.1 Å². The minimum atomic E-state index is -0.440. The van der Waals surface area contributed by atoms with E-state index in [2.05, 4.69) is 5.32 Å². The molecule has 1 fully saturated rings. The lowest BCUT2D eigenvalue weighted by Crippen LogP contribution is -2.56. The summed E-state index contributed by atoms with van der Waals surface area (Å²) in [5, 5.41) is 4.10. The van der Waals surface area contributed by atoms with Crippen LogP contribution in [0.3, 0.4) is 0 Å². The third-order valence-electron chi connectivity index (χ3n) is 4.33. The molecule has 0 aliphatic carbocycles. The number of rotatable bonds is 3. The monoisotopic (exact) mass is 338 g/mol. The first-order valence-corrected chi connectivity index (χ1v) is 7.43. The summed E-state index contributed by atoms with van der Waals surface area (Å²) < 4.78 is 19.2. The molecule has 0 unspecified atom stereocenters. The summed E-state index contributed by atoms with van der Waals surface area (Å²) in [5.74, 6) is -0.546. The number of benzene rings is 2. The Kier molecular flexibility index (Phi) is 5.57. The topological polar surface area (TPSA) is 64.3 Å². The van der Waals surface area contributed by atoms with Gasteiger partial charge in [0, 0.05) is 30.7 Å². The van der Waals surface area contributed by atoms with E-state index in [1.165, 1.54) is 12.1 Å². The van der Waals surface area contributed by atoms with Gasteiger partial charge >= 0.3 is 0 Å². The van der Waals surface area contributed by atoms with E-state index in [9.17, 15) is 9.18 Å². The van der Waals surface area contributed by atoms with E-state index < -0.39 is 5.54 Å². The van der Waals surface area contributed by atoms with Crippen LogP contribution in [-0.4, -0.2) is 31.2 Å². The number of carbonyl (C=O) groups excluding carboxylic acids is 1. The number of hydrogen-bond donors (Lipinski definition) is 2. The summed E-state index contributed by atoms with van der Waals surface area (Å²) in [5.41, 5.74) is 5.90. The fraction of sp³-hybridized carbons (Fsp3) is 0.353. The molecule has 2 aromatic carbocycles. The number of carbonyl (C=O) groups is 1. The highest BCUT2D eigenvalue weighted by Gasteiger charge is 2.33. The highest BCUT2D eigenvalue weighted by atomic mass is 35.5. The van der Waals surface area contributed by atoms with Gasteiger partial charge in [-0.25, -0.2) is 4.39 Å². The van der Waals surface area contributed by atoms with Crippen LogP contribution in [0.5, 0.6) is 0 Å². The molecule has 0 spiro atoms. The summed E-state index contributed by atoms with van der Waals surface area (Å²) >= 11 is 0. The Morgan fingerprint density at radius 2 is 1.83 bits per heavy atom. The third kappa shape index (κ3) is 3.47. The molecule has 1 saturated heterocycles. The third-order valence-corrected chi connectivity index (χ3v) is 4.33. The molecule has 0 saturated carbocycles. The molecule has 2 aromatic rings. The Morgan fingerprint density at radius 3 is 2.48 bits per heavy atom. The second-order valence-corrected chi connectivity index (χ2v) is 5.69. The van der Waals surface area contributed by atoms with Gasteiger partial charge < -0.3 is 15.8 Å². The second-order valence-electron chi connectivity index (χ2n) is 5.69. The van der Waals surface area contributed by atoms with Crippen molar-refractivity contribution in [2.45, 2.75) is 18.4 Å². The van der Waals surface area contributed by atoms with Crippen LogP contribution in [0.2, 0.25) is 0 Å². The van der Waals surface area contributed by atoms with Gasteiger partial charge in [0.05, 0.1) is 5.54 Å². The Labute approximate surface area is 140 Å². The Balaban J connectivity index is 0.00000192. The zero-order valence-corrected chi connectivity index (χ0v) is 13.5. The predicted octanol–water partition coefficient (Wildman–Crippen LogP) is 2.64. The number of nitrogens with two attached hydrogens (primary N) is 1. The Hall–Kier alpha value is -1.69. The number of fused-ring (bicyclic) bond motifs is 1. The first kappa shape index (κ1) is 17.7. The molecule has 1 heterocycles. The fourth-order valence-corrected chi connectivity index (χ4v) is 2.91. The minimum absolute atomic E-state index is 0. The molecule has 0 bridgehead atoms. The molecule has 1 aliphatic rings. The highest BCUT2D eigenvalue weighted by molar-refractivity contribution is 6.07. The Morgan fingerprint density at radius 1 is 1.17 bits per heavy atom. The molecule has 0 radical (unpaired) electrons. The van der Waals surface area contributed by atoms with Crippen LogP contribution in [0.1, 0.15) is 23.2 Å². The van der Waals surface area contributed by atoms with Crippen molar-refractivity contribution in [3.05, 3.63) is 47.8 Å². The standard InChI is InChI=1S/C17H19FN2O2.ClH/c18-15-6-5-14(12-3-1-2-4-13(12)15)16(21)20-17(11-19)7-9-22-10-8-17;/h1-6H,7-11,19H2,(H,20,21);1H. The van der Waals surface area contributed by atoms with E-state index in [0.29, 0.717) is 48.9 Å². The smallest absolute Gasteiger partial charge is 0.252 e. The van der Waals surface area contributed by atoms with Crippen molar-refractivity contribution in [1.82, 2.24) is 5.32 Å². The van der Waals surface area contributed by atoms with Crippen LogP contribution in [0.4, 0.5) is 4.39 Å². The van der Waals surface area contributed by atoms with Gasteiger partial charge in [0.15, 0.2) is 0 Å². The molecular weight excluding hydrogens is 319 g/mol. The van der Waals surface area contributed by atoms with Crippen LogP contribution in [0, 0.1) is 5.82 Å². The SMILES string of the molecule is Cl.NCC1(NC(=O)c2ccc(F)c3ccccc23)CCOCC1. The first-order chi connectivity index (χ1) is 10.7. The number of nitrogens with one attached hydrogen (secondary N) is 1. The molecule has 23 heavy (non-hydrogen) atoms. The molecule has 6 heteroatoms. The molecule has 0 atom stereocenters. The van der Waals surface area contributed by atoms with Crippen LogP contribution >= 0.6 is 12.4 Å². The number of ether oxygens (including phenoxy) is 1. The highest BCUT2D eigenvalue weighted by Crippen LogP contribution is 2.24. The van der Waals surface area contributed by atoms with Gasteiger partial charge in [-0.1, -0.05) is 24.3 Å².